The molecule has 0 aliphatic heterocycles. The van der Waals surface area contributed by atoms with Gasteiger partial charge in [-0.1, -0.05) is 59.8 Å². The third-order valence-electron chi connectivity index (χ3n) is 7.12. The SMILES string of the molecule is CCC(CC)n1c(CC2CCCC2)nc2cc(C(=O)N[C@H](CO)[C@@H](C)CC)ccc21. The van der Waals surface area contributed by atoms with E-state index in [-0.39, 0.29) is 24.5 Å². The van der Waals surface area contributed by atoms with Crippen molar-refractivity contribution >= 4 is 16.9 Å². The van der Waals surface area contributed by atoms with Gasteiger partial charge in [-0.2, -0.15) is 0 Å². The summed E-state index contributed by atoms with van der Waals surface area (Å²) in [4.78, 5) is 17.9. The summed E-state index contributed by atoms with van der Waals surface area (Å²) >= 11 is 0. The number of hydrogen-bond donors (Lipinski definition) is 2. The lowest BCUT2D eigenvalue weighted by Gasteiger charge is -2.22. The van der Waals surface area contributed by atoms with E-state index >= 15 is 0 Å². The van der Waals surface area contributed by atoms with Crippen LogP contribution in [0.15, 0.2) is 18.2 Å². The summed E-state index contributed by atoms with van der Waals surface area (Å²) < 4.78 is 2.44. The number of aromatic nitrogens is 2. The Bertz CT molecular complexity index is 834. The molecular formula is C25H39N3O2. The lowest BCUT2D eigenvalue weighted by molar-refractivity contribution is 0.0891. The van der Waals surface area contributed by atoms with Gasteiger partial charge in [0.15, 0.2) is 0 Å². The van der Waals surface area contributed by atoms with Crippen LogP contribution < -0.4 is 5.32 Å². The fourth-order valence-electron chi connectivity index (χ4n) is 4.87. The molecule has 3 rings (SSSR count). The van der Waals surface area contributed by atoms with Crippen LogP contribution in [0.25, 0.3) is 11.0 Å². The summed E-state index contributed by atoms with van der Waals surface area (Å²) in [7, 11) is 0. The summed E-state index contributed by atoms with van der Waals surface area (Å²) in [6.07, 6.45) is 9.38. The Kier molecular flexibility index (Phi) is 7.93. The van der Waals surface area contributed by atoms with E-state index in [2.05, 4.69) is 43.6 Å². The molecule has 1 aromatic heterocycles. The number of amides is 1. The van der Waals surface area contributed by atoms with E-state index in [9.17, 15) is 9.90 Å². The standard InChI is InChI=1S/C25H39N3O2/c1-5-17(4)22(16-29)27-25(30)19-12-13-23-21(15-19)26-24(14-18-10-8-9-11-18)28(23)20(6-2)7-3/h12-13,15,17-18,20,22,29H,5-11,14,16H2,1-4H3,(H,27,30)/t17-,22+/m0/s1. The molecule has 1 aliphatic rings. The number of fused-ring (bicyclic) bond motifs is 1. The summed E-state index contributed by atoms with van der Waals surface area (Å²) in [6, 6.07) is 6.11. The van der Waals surface area contributed by atoms with Crippen LogP contribution in [-0.4, -0.2) is 33.2 Å². The fourth-order valence-corrected chi connectivity index (χ4v) is 4.87. The maximum absolute atomic E-state index is 12.8. The van der Waals surface area contributed by atoms with Gasteiger partial charge in [0.2, 0.25) is 0 Å². The zero-order valence-electron chi connectivity index (χ0n) is 19.2. The van der Waals surface area contributed by atoms with Crippen molar-refractivity contribution in [2.45, 2.75) is 91.1 Å². The highest BCUT2D eigenvalue weighted by Crippen LogP contribution is 2.32. The van der Waals surface area contributed by atoms with Crippen LogP contribution in [0, 0.1) is 11.8 Å². The van der Waals surface area contributed by atoms with E-state index in [1.54, 1.807) is 0 Å². The number of nitrogens with zero attached hydrogens (tertiary/aromatic N) is 2. The maximum atomic E-state index is 12.8. The lowest BCUT2D eigenvalue weighted by Crippen LogP contribution is -2.41. The zero-order valence-corrected chi connectivity index (χ0v) is 19.2. The van der Waals surface area contributed by atoms with E-state index in [4.69, 9.17) is 4.98 Å². The fraction of sp³-hybridized carbons (Fsp3) is 0.680. The zero-order chi connectivity index (χ0) is 21.7. The van der Waals surface area contributed by atoms with Crippen LogP contribution in [0.5, 0.6) is 0 Å². The smallest absolute Gasteiger partial charge is 0.251 e. The summed E-state index contributed by atoms with van der Waals surface area (Å²) in [6.45, 7) is 8.56. The third-order valence-corrected chi connectivity index (χ3v) is 7.12. The second-order valence-electron chi connectivity index (χ2n) is 9.07. The van der Waals surface area contributed by atoms with Crippen molar-refractivity contribution in [3.8, 4) is 0 Å². The number of nitrogens with one attached hydrogen (secondary N) is 1. The molecule has 1 aromatic carbocycles. The number of aliphatic hydroxyl groups is 1. The molecule has 1 aliphatic carbocycles. The minimum Gasteiger partial charge on any atom is -0.394 e. The van der Waals surface area contributed by atoms with Crippen LogP contribution in [0.1, 0.15) is 94.9 Å². The minimum atomic E-state index is -0.224. The van der Waals surface area contributed by atoms with E-state index < -0.39 is 0 Å². The Morgan fingerprint density at radius 1 is 1.20 bits per heavy atom. The average Bonchev–Trinajstić information content (AvgIpc) is 3.40. The molecule has 2 atom stereocenters. The number of benzene rings is 1. The molecule has 0 saturated heterocycles. The van der Waals surface area contributed by atoms with Crippen LogP contribution >= 0.6 is 0 Å². The molecule has 5 heteroatoms. The van der Waals surface area contributed by atoms with Crippen LogP contribution in [0.3, 0.4) is 0 Å². The molecule has 30 heavy (non-hydrogen) atoms. The molecule has 5 nitrogen and oxygen atoms in total. The Hall–Kier alpha value is -1.88. The topological polar surface area (TPSA) is 67.2 Å². The van der Waals surface area contributed by atoms with Crippen molar-refractivity contribution < 1.29 is 9.90 Å². The number of imidazole rings is 1. The van der Waals surface area contributed by atoms with Gasteiger partial charge in [-0.25, -0.2) is 4.98 Å². The predicted octanol–water partition coefficient (Wildman–Crippen LogP) is 5.27. The van der Waals surface area contributed by atoms with Crippen LogP contribution in [-0.2, 0) is 6.42 Å². The van der Waals surface area contributed by atoms with E-state index in [0.717, 1.165) is 42.6 Å². The summed E-state index contributed by atoms with van der Waals surface area (Å²) in [5, 5.41) is 12.7. The van der Waals surface area contributed by atoms with Gasteiger partial charge in [-0.15, -0.1) is 0 Å². The van der Waals surface area contributed by atoms with Gasteiger partial charge in [0.1, 0.15) is 5.82 Å². The van der Waals surface area contributed by atoms with Crippen molar-refractivity contribution in [2.24, 2.45) is 11.8 Å². The maximum Gasteiger partial charge on any atom is 0.251 e. The quantitative estimate of drug-likeness (QED) is 0.558. The Morgan fingerprint density at radius 3 is 2.50 bits per heavy atom. The minimum absolute atomic E-state index is 0.0438. The molecule has 0 bridgehead atoms. The number of carbonyl (C=O) groups excluding carboxylic acids is 1. The van der Waals surface area contributed by atoms with Crippen molar-refractivity contribution in [3.05, 3.63) is 29.6 Å². The molecule has 2 N–H and O–H groups in total. The first kappa shape index (κ1) is 22.8. The Balaban J connectivity index is 1.92. The van der Waals surface area contributed by atoms with Crippen molar-refractivity contribution in [3.63, 3.8) is 0 Å². The highest BCUT2D eigenvalue weighted by atomic mass is 16.3. The molecule has 166 valence electrons. The monoisotopic (exact) mass is 413 g/mol. The average molecular weight is 414 g/mol. The third kappa shape index (κ3) is 4.88. The molecule has 0 spiro atoms. The van der Waals surface area contributed by atoms with Gasteiger partial charge >= 0.3 is 0 Å². The van der Waals surface area contributed by atoms with Gasteiger partial charge in [0.25, 0.3) is 5.91 Å². The van der Waals surface area contributed by atoms with Crippen molar-refractivity contribution in [2.75, 3.05) is 6.61 Å². The highest BCUT2D eigenvalue weighted by molar-refractivity contribution is 5.97. The molecule has 1 amide bonds. The van der Waals surface area contributed by atoms with Gasteiger partial charge in [0, 0.05) is 18.0 Å². The normalized spacial score (nSPS) is 17.0. The van der Waals surface area contributed by atoms with E-state index in [1.165, 1.54) is 31.5 Å². The number of carbonyl (C=O) groups is 1. The van der Waals surface area contributed by atoms with Gasteiger partial charge < -0.3 is 15.0 Å². The van der Waals surface area contributed by atoms with Gasteiger partial charge in [0.05, 0.1) is 23.7 Å². The first-order valence-corrected chi connectivity index (χ1v) is 11.9. The molecule has 2 aromatic rings. The molecule has 1 fully saturated rings. The predicted molar refractivity (Wildman–Crippen MR) is 123 cm³/mol. The Labute approximate surface area is 181 Å². The first-order valence-electron chi connectivity index (χ1n) is 11.9. The highest BCUT2D eigenvalue weighted by Gasteiger charge is 2.23. The van der Waals surface area contributed by atoms with Crippen LogP contribution in [0.2, 0.25) is 0 Å². The number of hydrogen-bond acceptors (Lipinski definition) is 3. The second kappa shape index (κ2) is 10.4. The molecule has 0 unspecified atom stereocenters. The molecule has 1 saturated carbocycles. The van der Waals surface area contributed by atoms with Crippen molar-refractivity contribution in [1.29, 1.82) is 0 Å². The largest absolute Gasteiger partial charge is 0.394 e. The van der Waals surface area contributed by atoms with Crippen LogP contribution in [0.4, 0.5) is 0 Å². The lowest BCUT2D eigenvalue weighted by atomic mass is 9.99. The summed E-state index contributed by atoms with van der Waals surface area (Å²) in [5.41, 5.74) is 2.66. The molecular weight excluding hydrogens is 374 g/mol. The van der Waals surface area contributed by atoms with Gasteiger partial charge in [-0.05, 0) is 42.9 Å². The number of rotatable bonds is 10. The Morgan fingerprint density at radius 2 is 1.90 bits per heavy atom. The molecule has 1 heterocycles. The van der Waals surface area contributed by atoms with E-state index in [1.807, 2.05) is 12.1 Å². The summed E-state index contributed by atoms with van der Waals surface area (Å²) in [5.74, 6) is 2.01. The second-order valence-corrected chi connectivity index (χ2v) is 9.07. The van der Waals surface area contributed by atoms with Gasteiger partial charge in [-0.3, -0.25) is 4.79 Å². The molecule has 0 radical (unpaired) electrons. The number of aliphatic hydroxyl groups excluding tert-OH is 1. The van der Waals surface area contributed by atoms with Crippen molar-refractivity contribution in [1.82, 2.24) is 14.9 Å². The van der Waals surface area contributed by atoms with E-state index in [0.29, 0.717) is 11.6 Å². The first-order chi connectivity index (χ1) is 14.5.